The maximum Gasteiger partial charge on any atom is 0.203 e. The molecule has 2 rings (SSSR count). The molecular formula is C12H15BrO3. The van der Waals surface area contributed by atoms with Crippen molar-refractivity contribution in [2.24, 2.45) is 0 Å². The van der Waals surface area contributed by atoms with E-state index in [-0.39, 0.29) is 0 Å². The van der Waals surface area contributed by atoms with E-state index in [1.807, 2.05) is 12.1 Å². The van der Waals surface area contributed by atoms with Crippen LogP contribution in [0, 0.1) is 0 Å². The molecule has 1 aromatic rings. The lowest BCUT2D eigenvalue weighted by Gasteiger charge is -2.21. The van der Waals surface area contributed by atoms with Crippen LogP contribution in [-0.2, 0) is 6.42 Å². The van der Waals surface area contributed by atoms with Gasteiger partial charge in [-0.15, -0.1) is 0 Å². The third kappa shape index (κ3) is 2.43. The van der Waals surface area contributed by atoms with Gasteiger partial charge in [0.05, 0.1) is 7.11 Å². The number of benzene rings is 1. The van der Waals surface area contributed by atoms with E-state index < -0.39 is 0 Å². The third-order valence-electron chi connectivity index (χ3n) is 2.49. The molecule has 0 N–H and O–H groups in total. The van der Waals surface area contributed by atoms with Gasteiger partial charge in [-0.2, -0.15) is 0 Å². The quantitative estimate of drug-likeness (QED) is 0.797. The van der Waals surface area contributed by atoms with E-state index in [9.17, 15) is 0 Å². The van der Waals surface area contributed by atoms with E-state index in [0.29, 0.717) is 13.2 Å². The zero-order valence-corrected chi connectivity index (χ0v) is 10.9. The number of hydrogen-bond donors (Lipinski definition) is 0. The first-order valence-electron chi connectivity index (χ1n) is 5.37. The van der Waals surface area contributed by atoms with Crippen LogP contribution in [0.3, 0.4) is 0 Å². The van der Waals surface area contributed by atoms with E-state index in [1.165, 1.54) is 5.56 Å². The lowest BCUT2D eigenvalue weighted by atomic mass is 10.1. The average Bonchev–Trinajstić information content (AvgIpc) is 2.35. The molecule has 3 nitrogen and oxygen atoms in total. The van der Waals surface area contributed by atoms with Crippen molar-refractivity contribution in [1.29, 1.82) is 0 Å². The molecule has 1 aliphatic heterocycles. The number of alkyl halides is 1. The number of aryl methyl sites for hydroxylation is 1. The lowest BCUT2D eigenvalue weighted by molar-refractivity contribution is 0.165. The molecule has 0 aromatic heterocycles. The van der Waals surface area contributed by atoms with Gasteiger partial charge in [-0.1, -0.05) is 15.9 Å². The van der Waals surface area contributed by atoms with Crippen LogP contribution in [0.4, 0.5) is 0 Å². The normalized spacial score (nSPS) is 13.6. The summed E-state index contributed by atoms with van der Waals surface area (Å²) >= 11 is 3.43. The van der Waals surface area contributed by atoms with Crippen molar-refractivity contribution in [3.63, 3.8) is 0 Å². The van der Waals surface area contributed by atoms with Crippen molar-refractivity contribution in [3.8, 4) is 17.2 Å². The summed E-state index contributed by atoms with van der Waals surface area (Å²) in [6, 6.07) is 4.07. The molecule has 0 saturated carbocycles. The molecule has 0 amide bonds. The Balaban J connectivity index is 2.28. The van der Waals surface area contributed by atoms with Gasteiger partial charge in [-0.3, -0.25) is 0 Å². The fraction of sp³-hybridized carbons (Fsp3) is 0.500. The molecule has 0 unspecified atom stereocenters. The van der Waals surface area contributed by atoms with Crippen LogP contribution in [0.15, 0.2) is 12.1 Å². The largest absolute Gasteiger partial charge is 0.493 e. The van der Waals surface area contributed by atoms with Crippen molar-refractivity contribution in [2.45, 2.75) is 12.8 Å². The fourth-order valence-corrected chi connectivity index (χ4v) is 2.02. The van der Waals surface area contributed by atoms with Crippen molar-refractivity contribution < 1.29 is 14.2 Å². The van der Waals surface area contributed by atoms with Gasteiger partial charge < -0.3 is 14.2 Å². The second-order valence-electron chi connectivity index (χ2n) is 3.61. The third-order valence-corrected chi connectivity index (χ3v) is 3.05. The highest BCUT2D eigenvalue weighted by Crippen LogP contribution is 2.40. The molecule has 0 radical (unpaired) electrons. The number of rotatable bonds is 4. The predicted octanol–water partition coefficient (Wildman–Crippen LogP) is 2.79. The first-order valence-corrected chi connectivity index (χ1v) is 6.49. The van der Waals surface area contributed by atoms with Crippen molar-refractivity contribution in [3.05, 3.63) is 17.7 Å². The topological polar surface area (TPSA) is 27.7 Å². The second kappa shape index (κ2) is 5.43. The molecule has 1 heterocycles. The van der Waals surface area contributed by atoms with E-state index >= 15 is 0 Å². The summed E-state index contributed by atoms with van der Waals surface area (Å²) in [7, 11) is 1.65. The fourth-order valence-electron chi connectivity index (χ4n) is 1.74. The first-order chi connectivity index (χ1) is 7.85. The molecule has 0 saturated heterocycles. The summed E-state index contributed by atoms with van der Waals surface area (Å²) in [5.74, 6) is 2.30. The van der Waals surface area contributed by atoms with Crippen molar-refractivity contribution >= 4 is 15.9 Å². The summed E-state index contributed by atoms with van der Waals surface area (Å²) < 4.78 is 16.4. The first kappa shape index (κ1) is 11.6. The smallest absolute Gasteiger partial charge is 0.203 e. The molecule has 0 spiro atoms. The lowest BCUT2D eigenvalue weighted by Crippen LogP contribution is -2.16. The zero-order valence-electron chi connectivity index (χ0n) is 9.29. The Hall–Kier alpha value is -0.900. The van der Waals surface area contributed by atoms with Crippen LogP contribution in [0.5, 0.6) is 17.2 Å². The van der Waals surface area contributed by atoms with Gasteiger partial charge in [-0.25, -0.2) is 0 Å². The summed E-state index contributed by atoms with van der Waals surface area (Å²) in [5, 5.41) is 1.00. The minimum absolute atomic E-state index is 0.587. The molecule has 16 heavy (non-hydrogen) atoms. The van der Waals surface area contributed by atoms with Gasteiger partial charge in [0, 0.05) is 5.33 Å². The van der Waals surface area contributed by atoms with Crippen LogP contribution in [0.25, 0.3) is 0 Å². The van der Waals surface area contributed by atoms with E-state index in [0.717, 1.165) is 35.4 Å². The van der Waals surface area contributed by atoms with Crippen LogP contribution < -0.4 is 14.2 Å². The Morgan fingerprint density at radius 2 is 2.12 bits per heavy atom. The molecule has 1 aromatic carbocycles. The van der Waals surface area contributed by atoms with Gasteiger partial charge in [0.2, 0.25) is 5.75 Å². The summed E-state index contributed by atoms with van der Waals surface area (Å²) in [5.41, 5.74) is 1.22. The Morgan fingerprint density at radius 3 is 2.88 bits per heavy atom. The number of methoxy groups -OCH3 is 1. The maximum atomic E-state index is 5.57. The van der Waals surface area contributed by atoms with Crippen LogP contribution >= 0.6 is 15.9 Å². The second-order valence-corrected chi connectivity index (χ2v) is 4.41. The molecular weight excluding hydrogens is 272 g/mol. The molecule has 1 aliphatic rings. The predicted molar refractivity (Wildman–Crippen MR) is 66.1 cm³/mol. The Kier molecular flexibility index (Phi) is 3.93. The van der Waals surface area contributed by atoms with Gasteiger partial charge in [0.1, 0.15) is 13.2 Å². The molecule has 0 fully saturated rings. The maximum absolute atomic E-state index is 5.57. The number of hydrogen-bond acceptors (Lipinski definition) is 3. The average molecular weight is 287 g/mol. The SMILES string of the molecule is COc1cc(CCCBr)cc2c1OCCO2. The number of fused-ring (bicyclic) bond motifs is 1. The monoisotopic (exact) mass is 286 g/mol. The van der Waals surface area contributed by atoms with E-state index in [2.05, 4.69) is 15.9 Å². The summed E-state index contributed by atoms with van der Waals surface area (Å²) in [6.07, 6.45) is 2.11. The molecule has 0 bridgehead atoms. The minimum atomic E-state index is 0.587. The molecule has 88 valence electrons. The highest BCUT2D eigenvalue weighted by Gasteiger charge is 2.18. The Morgan fingerprint density at radius 1 is 1.31 bits per heavy atom. The van der Waals surface area contributed by atoms with Crippen LogP contribution in [-0.4, -0.2) is 25.7 Å². The number of halogens is 1. The molecule has 0 atom stereocenters. The van der Waals surface area contributed by atoms with Crippen molar-refractivity contribution in [2.75, 3.05) is 25.7 Å². The standard InChI is InChI=1S/C12H15BrO3/c1-14-10-7-9(3-2-4-13)8-11-12(10)16-6-5-15-11/h7-8H,2-6H2,1H3. The number of ether oxygens (including phenoxy) is 3. The highest BCUT2D eigenvalue weighted by atomic mass is 79.9. The van der Waals surface area contributed by atoms with Crippen LogP contribution in [0.1, 0.15) is 12.0 Å². The van der Waals surface area contributed by atoms with Crippen molar-refractivity contribution in [1.82, 2.24) is 0 Å². The zero-order chi connectivity index (χ0) is 11.4. The van der Waals surface area contributed by atoms with Gasteiger partial charge in [0.25, 0.3) is 0 Å². The van der Waals surface area contributed by atoms with Gasteiger partial charge in [-0.05, 0) is 30.5 Å². The summed E-state index contributed by atoms with van der Waals surface area (Å²) in [6.45, 7) is 1.20. The molecule has 0 aliphatic carbocycles. The Labute approximate surface area is 104 Å². The molecule has 4 heteroatoms. The van der Waals surface area contributed by atoms with Crippen LogP contribution in [0.2, 0.25) is 0 Å². The van der Waals surface area contributed by atoms with E-state index in [4.69, 9.17) is 14.2 Å². The van der Waals surface area contributed by atoms with Gasteiger partial charge in [0.15, 0.2) is 11.5 Å². The summed E-state index contributed by atoms with van der Waals surface area (Å²) in [4.78, 5) is 0. The minimum Gasteiger partial charge on any atom is -0.493 e. The van der Waals surface area contributed by atoms with Gasteiger partial charge >= 0.3 is 0 Å². The van der Waals surface area contributed by atoms with E-state index in [1.54, 1.807) is 7.11 Å². The Bertz CT molecular complexity index is 348. The highest BCUT2D eigenvalue weighted by molar-refractivity contribution is 9.09.